The van der Waals surface area contributed by atoms with Crippen LogP contribution in [-0.4, -0.2) is 0 Å². The number of aryl methyl sites for hydroxylation is 1. The molecule has 0 saturated heterocycles. The van der Waals surface area contributed by atoms with Crippen LogP contribution in [0.5, 0.6) is 0 Å². The van der Waals surface area contributed by atoms with E-state index in [1.165, 1.54) is 35.8 Å². The van der Waals surface area contributed by atoms with Crippen molar-refractivity contribution in [2.45, 2.75) is 138 Å². The quantitative estimate of drug-likeness (QED) is 0.137. The number of rotatable bonds is 11. The summed E-state index contributed by atoms with van der Waals surface area (Å²) in [4.78, 5) is 0. The molecule has 0 radical (unpaired) electrons. The molecule has 1 heteroatoms. The van der Waals surface area contributed by atoms with Crippen LogP contribution in [0.4, 0.5) is 0 Å². The Morgan fingerprint density at radius 3 is 1.68 bits per heavy atom. The van der Waals surface area contributed by atoms with E-state index in [0.29, 0.717) is 41.4 Å². The van der Waals surface area contributed by atoms with Gasteiger partial charge in [-0.2, -0.15) is 6.07 Å². The molecule has 41 heavy (non-hydrogen) atoms. The Labute approximate surface area is 271 Å². The molecule has 0 aromatic heterocycles. The second-order valence-corrected chi connectivity index (χ2v) is 14.9. The summed E-state index contributed by atoms with van der Waals surface area (Å²) >= 11 is 0. The maximum Gasteiger partial charge on any atom is 0.00562 e. The van der Waals surface area contributed by atoms with Gasteiger partial charge in [0.05, 0.1) is 0 Å². The van der Waals surface area contributed by atoms with Gasteiger partial charge in [-0.1, -0.05) is 131 Å². The Hall–Kier alpha value is -1.34. The van der Waals surface area contributed by atoms with Gasteiger partial charge in [0.15, 0.2) is 0 Å². The summed E-state index contributed by atoms with van der Waals surface area (Å²) in [5, 5.41) is 3.12. The van der Waals surface area contributed by atoms with Crippen molar-refractivity contribution in [2.24, 2.45) is 11.8 Å². The molecule has 222 valence electrons. The Kier molecular flexibility index (Phi) is 11.6. The Morgan fingerprint density at radius 1 is 0.634 bits per heavy atom. The molecule has 0 spiro atoms. The molecule has 3 aromatic carbocycles. The fourth-order valence-electron chi connectivity index (χ4n) is 7.45. The SMILES string of the molecule is CC(C)CC1=Cc2c(C(C)C)ccc(C(C)C)c2C1CC[c-]1c(CC(C)C)cc2c(C(C)C)ccc(C(C)C)c21.[Hf]. The van der Waals surface area contributed by atoms with Crippen LogP contribution in [0.15, 0.2) is 35.9 Å². The third-order valence-corrected chi connectivity index (χ3v) is 9.24. The average molecular weight is 716 g/mol. The maximum absolute atomic E-state index is 2.62. The first kappa shape index (κ1) is 34.2. The summed E-state index contributed by atoms with van der Waals surface area (Å²) in [5.74, 6) is 4.02. The molecule has 1 unspecified atom stereocenters. The molecule has 0 nitrogen and oxygen atoms in total. The predicted octanol–water partition coefficient (Wildman–Crippen LogP) is 12.4. The number of hydrogen-bond donors (Lipinski definition) is 0. The number of hydrogen-bond acceptors (Lipinski definition) is 0. The summed E-state index contributed by atoms with van der Waals surface area (Å²) in [7, 11) is 0. The molecule has 0 fully saturated rings. The van der Waals surface area contributed by atoms with Gasteiger partial charge in [0.25, 0.3) is 0 Å². The van der Waals surface area contributed by atoms with Crippen LogP contribution in [0.1, 0.15) is 170 Å². The van der Waals surface area contributed by atoms with Crippen LogP contribution in [-0.2, 0) is 38.7 Å². The Bertz CT molecular complexity index is 1360. The molecule has 1 aliphatic rings. The maximum atomic E-state index is 2.62. The molecule has 4 rings (SSSR count). The van der Waals surface area contributed by atoms with Crippen LogP contribution in [0.2, 0.25) is 0 Å². The van der Waals surface area contributed by atoms with E-state index in [9.17, 15) is 0 Å². The van der Waals surface area contributed by atoms with E-state index in [1.807, 2.05) is 0 Å². The van der Waals surface area contributed by atoms with Gasteiger partial charge in [0, 0.05) is 31.8 Å². The van der Waals surface area contributed by atoms with E-state index >= 15 is 0 Å². The zero-order valence-corrected chi connectivity index (χ0v) is 31.9. The Morgan fingerprint density at radius 2 is 1.15 bits per heavy atom. The van der Waals surface area contributed by atoms with Crippen molar-refractivity contribution >= 4 is 16.8 Å². The summed E-state index contributed by atoms with van der Waals surface area (Å²) in [6.45, 7) is 28.5. The minimum atomic E-state index is 0. The van der Waals surface area contributed by atoms with Crippen LogP contribution < -0.4 is 0 Å². The first-order valence-corrected chi connectivity index (χ1v) is 16.4. The van der Waals surface area contributed by atoms with E-state index in [2.05, 4.69) is 119 Å². The second kappa shape index (κ2) is 14.0. The van der Waals surface area contributed by atoms with Gasteiger partial charge >= 0.3 is 0 Å². The predicted molar refractivity (Wildman–Crippen MR) is 179 cm³/mol. The van der Waals surface area contributed by atoms with Crippen LogP contribution in [0, 0.1) is 11.8 Å². The zero-order valence-electron chi connectivity index (χ0n) is 28.3. The van der Waals surface area contributed by atoms with E-state index in [4.69, 9.17) is 0 Å². The van der Waals surface area contributed by atoms with Crippen molar-refractivity contribution in [2.75, 3.05) is 0 Å². The molecule has 3 aromatic rings. The van der Waals surface area contributed by atoms with Gasteiger partial charge in [0.2, 0.25) is 0 Å². The van der Waals surface area contributed by atoms with Crippen molar-refractivity contribution in [3.05, 3.63) is 80.4 Å². The molecule has 0 saturated carbocycles. The largest absolute Gasteiger partial charge is 0.164 e. The number of benzene rings is 2. The standard InChI is InChI=1S/C40H57.Hf/c1-23(2)19-29-21-37-31(25(5)6)13-15-33(27(9)10)39(37)35(29)17-18-36-30(20-24(3)4)22-38-32(26(7)8)14-16-34(28(11)12)40(36)38;/h13-16,21-28,35H,17-20H2,1-12H3;/q-1;. The summed E-state index contributed by atoms with van der Waals surface area (Å²) in [6.07, 6.45) is 7.36. The minimum absolute atomic E-state index is 0. The van der Waals surface area contributed by atoms with Gasteiger partial charge in [0.1, 0.15) is 0 Å². The molecule has 0 aliphatic heterocycles. The molecular weight excluding hydrogens is 659 g/mol. The third kappa shape index (κ3) is 7.08. The molecule has 0 N–H and O–H groups in total. The fraction of sp³-hybridized carbons (Fsp3) is 0.575. The molecule has 0 amide bonds. The first-order chi connectivity index (χ1) is 18.8. The van der Waals surface area contributed by atoms with Gasteiger partial charge < -0.3 is 0 Å². The second-order valence-electron chi connectivity index (χ2n) is 14.9. The van der Waals surface area contributed by atoms with Crippen LogP contribution in [0.3, 0.4) is 0 Å². The molecular formula is C40H57Hf-. The van der Waals surface area contributed by atoms with Gasteiger partial charge in [-0.05, 0) is 71.1 Å². The van der Waals surface area contributed by atoms with Crippen LogP contribution >= 0.6 is 0 Å². The molecule has 1 aliphatic carbocycles. The van der Waals surface area contributed by atoms with Crippen molar-refractivity contribution in [1.29, 1.82) is 0 Å². The van der Waals surface area contributed by atoms with Crippen molar-refractivity contribution in [3.63, 3.8) is 0 Å². The zero-order chi connectivity index (χ0) is 29.5. The summed E-state index contributed by atoms with van der Waals surface area (Å²) in [6, 6.07) is 12.4. The minimum Gasteiger partial charge on any atom is -0.164 e. The first-order valence-electron chi connectivity index (χ1n) is 16.4. The summed E-state index contributed by atoms with van der Waals surface area (Å²) < 4.78 is 0. The van der Waals surface area contributed by atoms with Crippen molar-refractivity contribution < 1.29 is 25.8 Å². The van der Waals surface area contributed by atoms with Crippen LogP contribution in [0.25, 0.3) is 16.8 Å². The van der Waals surface area contributed by atoms with E-state index < -0.39 is 0 Å². The third-order valence-electron chi connectivity index (χ3n) is 9.24. The Balaban J connectivity index is 0.00000462. The molecule has 0 bridgehead atoms. The van der Waals surface area contributed by atoms with Crippen molar-refractivity contribution in [1.82, 2.24) is 0 Å². The van der Waals surface area contributed by atoms with Gasteiger partial charge in [-0.25, -0.2) is 0 Å². The monoisotopic (exact) mass is 717 g/mol. The average Bonchev–Trinajstić information content (AvgIpc) is 3.37. The number of allylic oxidation sites excluding steroid dienone is 1. The topological polar surface area (TPSA) is 0 Å². The van der Waals surface area contributed by atoms with Crippen molar-refractivity contribution in [3.8, 4) is 0 Å². The fourth-order valence-corrected chi connectivity index (χ4v) is 7.45. The smallest absolute Gasteiger partial charge is 0.00562 e. The number of fused-ring (bicyclic) bond motifs is 2. The van der Waals surface area contributed by atoms with Gasteiger partial charge in [-0.3, -0.25) is 0 Å². The van der Waals surface area contributed by atoms with E-state index in [-0.39, 0.29) is 25.8 Å². The van der Waals surface area contributed by atoms with E-state index in [0.717, 1.165) is 6.42 Å². The normalized spacial score (nSPS) is 15.3. The summed E-state index contributed by atoms with van der Waals surface area (Å²) in [5.41, 5.74) is 14.3. The van der Waals surface area contributed by atoms with E-state index in [1.54, 1.807) is 44.3 Å². The molecule has 1 atom stereocenters. The molecule has 0 heterocycles. The van der Waals surface area contributed by atoms with Gasteiger partial charge in [-0.15, -0.1) is 33.5 Å².